The van der Waals surface area contributed by atoms with Crippen LogP contribution in [-0.4, -0.2) is 49.7 Å². The SMILES string of the molecule is CC(C)Cn1c(=O)n(C)c(=O)c2[nH]c(CCN3CCC(OC(c4ccccc4)c4ccccc4)CC3)nc21.Cl.Cl. The molecule has 2 aromatic carbocycles. The predicted molar refractivity (Wildman–Crippen MR) is 164 cm³/mol. The Morgan fingerprint density at radius 2 is 1.52 bits per heavy atom. The number of hydrogen-bond acceptors (Lipinski definition) is 5. The number of hydrogen-bond donors (Lipinski definition) is 1. The van der Waals surface area contributed by atoms with Gasteiger partial charge < -0.3 is 14.6 Å². The number of aromatic nitrogens is 4. The Morgan fingerprint density at radius 1 is 0.950 bits per heavy atom. The molecule has 1 saturated heterocycles. The van der Waals surface area contributed by atoms with Gasteiger partial charge in [0.15, 0.2) is 5.65 Å². The van der Waals surface area contributed by atoms with E-state index >= 15 is 0 Å². The third kappa shape index (κ3) is 7.04. The summed E-state index contributed by atoms with van der Waals surface area (Å²) in [6, 6.07) is 20.9. The van der Waals surface area contributed by atoms with E-state index < -0.39 is 0 Å². The number of likely N-dealkylation sites (tertiary alicyclic amines) is 1. The smallest absolute Gasteiger partial charge is 0.332 e. The first-order valence-electron chi connectivity index (χ1n) is 13.6. The molecule has 0 saturated carbocycles. The molecule has 40 heavy (non-hydrogen) atoms. The molecule has 1 fully saturated rings. The molecular weight excluding hydrogens is 549 g/mol. The van der Waals surface area contributed by atoms with Gasteiger partial charge in [-0.05, 0) is 29.9 Å². The van der Waals surface area contributed by atoms with Crippen molar-refractivity contribution in [3.8, 4) is 0 Å². The van der Waals surface area contributed by atoms with E-state index in [2.05, 4.69) is 63.4 Å². The number of H-pyrrole nitrogens is 1. The zero-order valence-electron chi connectivity index (χ0n) is 23.3. The number of benzene rings is 2. The Kier molecular flexibility index (Phi) is 11.2. The van der Waals surface area contributed by atoms with Gasteiger partial charge in [0.2, 0.25) is 0 Å². The number of piperidine rings is 1. The van der Waals surface area contributed by atoms with Crippen molar-refractivity contribution < 1.29 is 4.74 Å². The lowest BCUT2D eigenvalue weighted by Gasteiger charge is -2.34. The second-order valence-corrected chi connectivity index (χ2v) is 10.7. The minimum absolute atomic E-state index is 0. The quantitative estimate of drug-likeness (QED) is 0.306. The van der Waals surface area contributed by atoms with Gasteiger partial charge in [0.25, 0.3) is 5.56 Å². The average Bonchev–Trinajstić information content (AvgIpc) is 3.37. The van der Waals surface area contributed by atoms with Crippen molar-refractivity contribution in [3.05, 3.63) is 98.5 Å². The first kappa shape index (κ1) is 31.6. The van der Waals surface area contributed by atoms with Gasteiger partial charge in [-0.1, -0.05) is 74.5 Å². The number of imidazole rings is 1. The van der Waals surface area contributed by atoms with Gasteiger partial charge in [0.1, 0.15) is 17.4 Å². The van der Waals surface area contributed by atoms with Gasteiger partial charge in [0, 0.05) is 39.6 Å². The molecule has 0 spiro atoms. The first-order chi connectivity index (χ1) is 18.4. The van der Waals surface area contributed by atoms with Crippen molar-refractivity contribution in [1.82, 2.24) is 24.0 Å². The summed E-state index contributed by atoms with van der Waals surface area (Å²) in [5.74, 6) is 1.01. The van der Waals surface area contributed by atoms with E-state index in [0.717, 1.165) is 42.9 Å². The van der Waals surface area contributed by atoms with Crippen LogP contribution in [0.3, 0.4) is 0 Å². The summed E-state index contributed by atoms with van der Waals surface area (Å²) in [6.45, 7) is 7.34. The molecule has 0 radical (unpaired) electrons. The van der Waals surface area contributed by atoms with E-state index in [-0.39, 0.29) is 54.2 Å². The van der Waals surface area contributed by atoms with Crippen LogP contribution in [-0.2, 0) is 24.8 Å². The van der Waals surface area contributed by atoms with Crippen molar-refractivity contribution in [1.29, 1.82) is 0 Å². The van der Waals surface area contributed by atoms with Gasteiger partial charge in [-0.3, -0.25) is 13.9 Å². The summed E-state index contributed by atoms with van der Waals surface area (Å²) >= 11 is 0. The molecule has 10 heteroatoms. The summed E-state index contributed by atoms with van der Waals surface area (Å²) in [5, 5.41) is 0. The molecule has 0 atom stereocenters. The highest BCUT2D eigenvalue weighted by Gasteiger charge is 2.25. The second kappa shape index (κ2) is 14.1. The van der Waals surface area contributed by atoms with Crippen LogP contribution in [0, 0.1) is 5.92 Å². The molecule has 4 aromatic rings. The lowest BCUT2D eigenvalue weighted by atomic mass is 10.00. The molecule has 8 nitrogen and oxygen atoms in total. The maximum Gasteiger partial charge on any atom is 0.332 e. The van der Waals surface area contributed by atoms with E-state index in [9.17, 15) is 9.59 Å². The predicted octanol–water partition coefficient (Wildman–Crippen LogP) is 4.74. The van der Waals surface area contributed by atoms with E-state index in [1.165, 1.54) is 18.2 Å². The minimum Gasteiger partial charge on any atom is -0.365 e. The van der Waals surface area contributed by atoms with E-state index in [1.807, 2.05) is 26.0 Å². The zero-order chi connectivity index (χ0) is 26.6. The summed E-state index contributed by atoms with van der Waals surface area (Å²) < 4.78 is 9.45. The Labute approximate surface area is 247 Å². The Morgan fingerprint density at radius 3 is 2.08 bits per heavy atom. The van der Waals surface area contributed by atoms with Gasteiger partial charge in [-0.25, -0.2) is 9.78 Å². The molecule has 0 aliphatic carbocycles. The fourth-order valence-corrected chi connectivity index (χ4v) is 5.26. The molecule has 2 aromatic heterocycles. The summed E-state index contributed by atoms with van der Waals surface area (Å²) in [4.78, 5) is 35.7. The fourth-order valence-electron chi connectivity index (χ4n) is 5.26. The number of ether oxygens (including phenoxy) is 1. The third-order valence-corrected chi connectivity index (χ3v) is 7.31. The first-order valence-corrected chi connectivity index (χ1v) is 13.6. The van der Waals surface area contributed by atoms with Crippen LogP contribution in [0.15, 0.2) is 70.3 Å². The number of nitrogens with zero attached hydrogens (tertiary/aromatic N) is 4. The Bertz CT molecular complexity index is 1440. The van der Waals surface area contributed by atoms with E-state index in [1.54, 1.807) is 4.57 Å². The van der Waals surface area contributed by atoms with Crippen molar-refractivity contribution in [3.63, 3.8) is 0 Å². The Hall–Kier alpha value is -2.91. The number of nitrogens with one attached hydrogen (secondary N) is 1. The molecule has 0 unspecified atom stereocenters. The van der Waals surface area contributed by atoms with Crippen molar-refractivity contribution in [2.24, 2.45) is 13.0 Å². The average molecular weight is 589 g/mol. The van der Waals surface area contributed by atoms with Gasteiger partial charge in [0.05, 0.1) is 6.10 Å². The summed E-state index contributed by atoms with van der Waals surface area (Å²) in [6.07, 6.45) is 2.73. The van der Waals surface area contributed by atoms with Gasteiger partial charge in [-0.2, -0.15) is 0 Å². The highest BCUT2D eigenvalue weighted by molar-refractivity contribution is 5.85. The fraction of sp³-hybridized carbons (Fsp3) is 0.433. The molecule has 1 aliphatic rings. The van der Waals surface area contributed by atoms with Crippen LogP contribution in [0.4, 0.5) is 0 Å². The van der Waals surface area contributed by atoms with Crippen LogP contribution in [0.2, 0.25) is 0 Å². The number of rotatable bonds is 9. The molecular formula is C30H39Cl2N5O3. The molecule has 0 amide bonds. The number of aromatic amines is 1. The minimum atomic E-state index is -0.326. The monoisotopic (exact) mass is 587 g/mol. The second-order valence-electron chi connectivity index (χ2n) is 10.7. The third-order valence-electron chi connectivity index (χ3n) is 7.31. The van der Waals surface area contributed by atoms with E-state index in [0.29, 0.717) is 24.1 Å². The molecule has 3 heterocycles. The molecule has 1 N–H and O–H groups in total. The van der Waals surface area contributed by atoms with Crippen LogP contribution in [0.5, 0.6) is 0 Å². The summed E-state index contributed by atoms with van der Waals surface area (Å²) in [5.41, 5.74) is 2.57. The zero-order valence-corrected chi connectivity index (χ0v) is 24.9. The van der Waals surface area contributed by atoms with Crippen molar-refractivity contribution in [2.75, 3.05) is 19.6 Å². The molecule has 1 aliphatic heterocycles. The number of fused-ring (bicyclic) bond motifs is 1. The van der Waals surface area contributed by atoms with Gasteiger partial charge >= 0.3 is 5.69 Å². The lowest BCUT2D eigenvalue weighted by molar-refractivity contribution is -0.0268. The highest BCUT2D eigenvalue weighted by atomic mass is 35.5. The maximum absolute atomic E-state index is 12.7. The Balaban J connectivity index is 0.00000220. The van der Waals surface area contributed by atoms with Crippen molar-refractivity contribution in [2.45, 2.75) is 51.9 Å². The van der Waals surface area contributed by atoms with Crippen LogP contribution in [0.25, 0.3) is 11.2 Å². The summed E-state index contributed by atoms with van der Waals surface area (Å²) in [7, 11) is 1.52. The maximum atomic E-state index is 12.7. The highest BCUT2D eigenvalue weighted by Crippen LogP contribution is 2.30. The standard InChI is InChI=1S/C30H37N5O3.2ClH/c1-21(2)20-35-28-26(29(36)33(3)30(35)37)31-25(32-28)16-19-34-17-14-24(15-18-34)38-27(22-10-6-4-7-11-22)23-12-8-5-9-13-23;;/h4-13,21,24,27H,14-20H2,1-3H3,(H,31,32);2*1H. The van der Waals surface area contributed by atoms with E-state index in [4.69, 9.17) is 4.74 Å². The van der Waals surface area contributed by atoms with Crippen LogP contribution < -0.4 is 11.2 Å². The normalized spacial score (nSPS) is 14.4. The van der Waals surface area contributed by atoms with Crippen molar-refractivity contribution >= 4 is 36.0 Å². The largest absolute Gasteiger partial charge is 0.365 e. The molecule has 0 bridgehead atoms. The molecule has 216 valence electrons. The lowest BCUT2D eigenvalue weighted by Crippen LogP contribution is -2.38. The van der Waals surface area contributed by atoms with Gasteiger partial charge in [-0.15, -0.1) is 24.8 Å². The molecule has 5 rings (SSSR count). The van der Waals surface area contributed by atoms with Crippen LogP contribution in [0.1, 0.15) is 49.7 Å². The number of halogens is 2. The topological polar surface area (TPSA) is 85.2 Å². The van der Waals surface area contributed by atoms with Crippen LogP contribution >= 0.6 is 24.8 Å².